The molecule has 3 nitrogen and oxygen atoms in total. The predicted molar refractivity (Wildman–Crippen MR) is 61.6 cm³/mol. The van der Waals surface area contributed by atoms with Gasteiger partial charge in [0.1, 0.15) is 5.82 Å². The van der Waals surface area contributed by atoms with Crippen molar-refractivity contribution in [2.45, 2.75) is 25.5 Å². The van der Waals surface area contributed by atoms with Crippen LogP contribution in [-0.2, 0) is 6.54 Å². The Morgan fingerprint density at radius 3 is 2.82 bits per heavy atom. The summed E-state index contributed by atoms with van der Waals surface area (Å²) in [6, 6.07) is 6.35. The lowest BCUT2D eigenvalue weighted by molar-refractivity contribution is -0.103. The van der Waals surface area contributed by atoms with E-state index in [0.29, 0.717) is 37.2 Å². The third-order valence-electron chi connectivity index (χ3n) is 3.26. The van der Waals surface area contributed by atoms with Crippen molar-refractivity contribution >= 4 is 0 Å². The van der Waals surface area contributed by atoms with Crippen LogP contribution in [0.15, 0.2) is 18.2 Å². The van der Waals surface area contributed by atoms with Crippen LogP contribution in [0.5, 0.6) is 0 Å². The summed E-state index contributed by atoms with van der Waals surface area (Å²) >= 11 is 0. The van der Waals surface area contributed by atoms with Crippen molar-refractivity contribution in [2.75, 3.05) is 13.1 Å². The highest BCUT2D eigenvalue weighted by atomic mass is 19.1. The highest BCUT2D eigenvalue weighted by Crippen LogP contribution is 2.26. The maximum absolute atomic E-state index is 13.5. The van der Waals surface area contributed by atoms with E-state index in [1.54, 1.807) is 6.07 Å². The topological polar surface area (TPSA) is 47.3 Å². The number of β-amino-alcohol motifs (C(OH)–C–C–N with tert-alkyl or cyclic N) is 1. The number of likely N-dealkylation sites (tertiary alicyclic amines) is 1. The van der Waals surface area contributed by atoms with Gasteiger partial charge in [-0.25, -0.2) is 4.39 Å². The van der Waals surface area contributed by atoms with E-state index in [1.165, 1.54) is 12.1 Å². The molecular weight excluding hydrogens is 219 g/mol. The van der Waals surface area contributed by atoms with Gasteiger partial charge in [-0.1, -0.05) is 6.92 Å². The number of rotatable bonds is 3. The van der Waals surface area contributed by atoms with Crippen LogP contribution in [0.4, 0.5) is 4.39 Å². The number of nitriles is 1. The second-order valence-electron chi connectivity index (χ2n) is 4.64. The molecule has 1 heterocycles. The SMILES string of the molecule is CCC1(O)CN(Cc2cc(C#N)ccc2F)C1. The van der Waals surface area contributed by atoms with Gasteiger partial charge in [0.15, 0.2) is 0 Å². The van der Waals surface area contributed by atoms with E-state index in [9.17, 15) is 9.50 Å². The van der Waals surface area contributed by atoms with Gasteiger partial charge in [-0.2, -0.15) is 5.26 Å². The molecule has 0 aromatic heterocycles. The van der Waals surface area contributed by atoms with Crippen molar-refractivity contribution in [3.05, 3.63) is 35.1 Å². The van der Waals surface area contributed by atoms with E-state index in [1.807, 2.05) is 17.9 Å². The first kappa shape index (κ1) is 12.0. The average molecular weight is 234 g/mol. The van der Waals surface area contributed by atoms with Gasteiger partial charge in [0, 0.05) is 25.2 Å². The predicted octanol–water partition coefficient (Wildman–Crippen LogP) is 1.65. The van der Waals surface area contributed by atoms with Crippen LogP contribution in [0.1, 0.15) is 24.5 Å². The molecule has 1 fully saturated rings. The van der Waals surface area contributed by atoms with Gasteiger partial charge in [0.2, 0.25) is 0 Å². The van der Waals surface area contributed by atoms with E-state index < -0.39 is 5.60 Å². The molecule has 0 radical (unpaired) electrons. The van der Waals surface area contributed by atoms with Gasteiger partial charge in [-0.05, 0) is 24.6 Å². The van der Waals surface area contributed by atoms with Crippen LogP contribution in [0, 0.1) is 17.1 Å². The Morgan fingerprint density at radius 1 is 1.53 bits per heavy atom. The standard InChI is InChI=1S/C13H15FN2O/c1-2-13(17)8-16(9-13)7-11-5-10(6-15)3-4-12(11)14/h3-5,17H,2,7-9H2,1H3. The van der Waals surface area contributed by atoms with Crippen LogP contribution in [0.3, 0.4) is 0 Å². The molecule has 0 bridgehead atoms. The van der Waals surface area contributed by atoms with Crippen LogP contribution in [0.25, 0.3) is 0 Å². The van der Waals surface area contributed by atoms with Gasteiger partial charge in [0.05, 0.1) is 17.2 Å². The van der Waals surface area contributed by atoms with Crippen molar-refractivity contribution in [3.8, 4) is 6.07 Å². The molecule has 0 saturated carbocycles. The maximum Gasteiger partial charge on any atom is 0.127 e. The Morgan fingerprint density at radius 2 is 2.24 bits per heavy atom. The summed E-state index contributed by atoms with van der Waals surface area (Å²) in [5.41, 5.74) is 0.374. The van der Waals surface area contributed by atoms with Gasteiger partial charge in [0.25, 0.3) is 0 Å². The Hall–Kier alpha value is -1.44. The largest absolute Gasteiger partial charge is 0.387 e. The Kier molecular flexibility index (Phi) is 3.14. The minimum absolute atomic E-state index is 0.295. The highest BCUT2D eigenvalue weighted by molar-refractivity contribution is 5.33. The molecule has 0 aliphatic carbocycles. The molecule has 0 amide bonds. The third-order valence-corrected chi connectivity index (χ3v) is 3.26. The van der Waals surface area contributed by atoms with Crippen molar-refractivity contribution in [2.24, 2.45) is 0 Å². The van der Waals surface area contributed by atoms with Gasteiger partial charge < -0.3 is 5.11 Å². The zero-order chi connectivity index (χ0) is 12.5. The normalized spacial score (nSPS) is 18.5. The zero-order valence-corrected chi connectivity index (χ0v) is 9.78. The van der Waals surface area contributed by atoms with Crippen LogP contribution in [0.2, 0.25) is 0 Å². The monoisotopic (exact) mass is 234 g/mol. The fourth-order valence-corrected chi connectivity index (χ4v) is 2.13. The van der Waals surface area contributed by atoms with Gasteiger partial charge in [-0.15, -0.1) is 0 Å². The van der Waals surface area contributed by atoms with Crippen molar-refractivity contribution in [1.82, 2.24) is 4.90 Å². The molecule has 17 heavy (non-hydrogen) atoms. The fourth-order valence-electron chi connectivity index (χ4n) is 2.13. The molecule has 1 saturated heterocycles. The Labute approximate surface area is 100 Å². The fraction of sp³-hybridized carbons (Fsp3) is 0.462. The molecule has 0 unspecified atom stereocenters. The van der Waals surface area contributed by atoms with Crippen molar-refractivity contribution < 1.29 is 9.50 Å². The van der Waals surface area contributed by atoms with E-state index in [4.69, 9.17) is 5.26 Å². The number of hydrogen-bond donors (Lipinski definition) is 1. The van der Waals surface area contributed by atoms with Gasteiger partial charge in [-0.3, -0.25) is 4.90 Å². The Bertz CT molecular complexity index is 461. The molecule has 4 heteroatoms. The summed E-state index contributed by atoms with van der Waals surface area (Å²) in [4.78, 5) is 1.98. The first-order valence-electron chi connectivity index (χ1n) is 5.69. The minimum atomic E-state index is -0.608. The lowest BCUT2D eigenvalue weighted by Gasteiger charge is -2.46. The van der Waals surface area contributed by atoms with E-state index in [-0.39, 0.29) is 5.82 Å². The van der Waals surface area contributed by atoms with E-state index in [0.717, 1.165) is 0 Å². The molecule has 1 aromatic rings. The molecule has 1 aliphatic rings. The van der Waals surface area contributed by atoms with Crippen molar-refractivity contribution in [3.63, 3.8) is 0 Å². The Balaban J connectivity index is 2.03. The number of halogens is 1. The molecule has 1 N–H and O–H groups in total. The maximum atomic E-state index is 13.5. The van der Waals surface area contributed by atoms with Gasteiger partial charge >= 0.3 is 0 Å². The molecule has 0 atom stereocenters. The average Bonchev–Trinajstić information content (AvgIpc) is 2.29. The highest BCUT2D eigenvalue weighted by Gasteiger charge is 2.39. The summed E-state index contributed by atoms with van der Waals surface area (Å²) < 4.78 is 13.5. The second-order valence-corrected chi connectivity index (χ2v) is 4.64. The lowest BCUT2D eigenvalue weighted by Crippen LogP contribution is -2.60. The minimum Gasteiger partial charge on any atom is -0.387 e. The zero-order valence-electron chi connectivity index (χ0n) is 9.78. The number of benzene rings is 1. The molecule has 0 spiro atoms. The number of nitrogens with zero attached hydrogens (tertiary/aromatic N) is 2. The summed E-state index contributed by atoms with van der Waals surface area (Å²) in [6.07, 6.45) is 0.713. The molecule has 1 aliphatic heterocycles. The lowest BCUT2D eigenvalue weighted by atomic mass is 9.91. The summed E-state index contributed by atoms with van der Waals surface area (Å²) in [5.74, 6) is -0.295. The molecular formula is C13H15FN2O. The number of aliphatic hydroxyl groups is 1. The van der Waals surface area contributed by atoms with Crippen LogP contribution < -0.4 is 0 Å². The van der Waals surface area contributed by atoms with Crippen molar-refractivity contribution in [1.29, 1.82) is 5.26 Å². The molecule has 1 aromatic carbocycles. The summed E-state index contributed by atoms with van der Waals surface area (Å²) in [6.45, 7) is 3.53. The first-order valence-corrected chi connectivity index (χ1v) is 5.69. The van der Waals surface area contributed by atoms with Crippen LogP contribution in [-0.4, -0.2) is 28.7 Å². The molecule has 90 valence electrons. The second kappa shape index (κ2) is 4.44. The third kappa shape index (κ3) is 2.46. The summed E-state index contributed by atoms with van der Waals surface area (Å²) in [7, 11) is 0. The molecule has 2 rings (SSSR count). The summed E-state index contributed by atoms with van der Waals surface area (Å²) in [5, 5.41) is 18.6. The smallest absolute Gasteiger partial charge is 0.127 e. The quantitative estimate of drug-likeness (QED) is 0.865. The van der Waals surface area contributed by atoms with E-state index in [2.05, 4.69) is 0 Å². The number of hydrogen-bond acceptors (Lipinski definition) is 3. The van der Waals surface area contributed by atoms with E-state index >= 15 is 0 Å². The first-order chi connectivity index (χ1) is 8.06. The van der Waals surface area contributed by atoms with Crippen LogP contribution >= 0.6 is 0 Å².